The Kier molecular flexibility index (Phi) is 7.45. The van der Waals surface area contributed by atoms with Gasteiger partial charge in [-0.1, -0.05) is 58.6 Å². The SMILES string of the molecule is C/C=C/C(=O)[C@@H](C)[C@@H](/C=C/C[Si](C)(C)C)C(C)C. The first kappa shape index (κ1) is 17.4. The Morgan fingerprint density at radius 2 is 1.72 bits per heavy atom. The molecular weight excluding hydrogens is 236 g/mol. The Bertz CT molecular complexity index is 308. The van der Waals surface area contributed by atoms with E-state index in [9.17, 15) is 4.79 Å². The fourth-order valence-electron chi connectivity index (χ4n) is 2.05. The number of hydrogen-bond donors (Lipinski definition) is 0. The average molecular weight is 267 g/mol. The van der Waals surface area contributed by atoms with E-state index in [1.807, 2.05) is 19.9 Å². The minimum atomic E-state index is -1.02. The summed E-state index contributed by atoms with van der Waals surface area (Å²) in [6.07, 6.45) is 8.11. The Morgan fingerprint density at radius 3 is 2.11 bits per heavy atom. The Hall–Kier alpha value is -0.633. The minimum absolute atomic E-state index is 0.0825. The van der Waals surface area contributed by atoms with Crippen LogP contribution in [0, 0.1) is 17.8 Å². The van der Waals surface area contributed by atoms with Gasteiger partial charge in [0.25, 0.3) is 0 Å². The van der Waals surface area contributed by atoms with Gasteiger partial charge in [0.1, 0.15) is 0 Å². The van der Waals surface area contributed by atoms with Crippen molar-refractivity contribution < 1.29 is 4.79 Å². The lowest BCUT2D eigenvalue weighted by molar-refractivity contribution is -0.119. The van der Waals surface area contributed by atoms with Crippen molar-refractivity contribution in [3.63, 3.8) is 0 Å². The predicted octanol–water partition coefficient (Wildman–Crippen LogP) is 4.93. The highest BCUT2D eigenvalue weighted by atomic mass is 28.3. The maximum Gasteiger partial charge on any atom is 0.158 e. The monoisotopic (exact) mass is 266 g/mol. The summed E-state index contributed by atoms with van der Waals surface area (Å²) in [6.45, 7) is 15.5. The molecule has 104 valence electrons. The van der Waals surface area contributed by atoms with Crippen LogP contribution >= 0.6 is 0 Å². The van der Waals surface area contributed by atoms with Crippen molar-refractivity contribution in [2.75, 3.05) is 0 Å². The van der Waals surface area contributed by atoms with Crippen LogP contribution in [0.15, 0.2) is 24.3 Å². The highest BCUT2D eigenvalue weighted by Gasteiger charge is 2.23. The molecule has 0 aromatic rings. The van der Waals surface area contributed by atoms with Crippen LogP contribution in [0.4, 0.5) is 0 Å². The highest BCUT2D eigenvalue weighted by Crippen LogP contribution is 2.24. The minimum Gasteiger partial charge on any atom is -0.295 e. The average Bonchev–Trinajstić information content (AvgIpc) is 2.22. The summed E-state index contributed by atoms with van der Waals surface area (Å²) < 4.78 is 0. The van der Waals surface area contributed by atoms with Crippen LogP contribution in [-0.4, -0.2) is 13.9 Å². The standard InChI is InChI=1S/C16H30OSi/c1-8-10-16(17)14(4)15(13(2)3)11-9-12-18(5,6)7/h8-11,13-15H,12H2,1-7H3/b10-8+,11-9+/t14-,15-/m0/s1. The van der Waals surface area contributed by atoms with Gasteiger partial charge in [-0.25, -0.2) is 0 Å². The summed E-state index contributed by atoms with van der Waals surface area (Å²) in [5, 5.41) is 0. The zero-order chi connectivity index (χ0) is 14.3. The predicted molar refractivity (Wildman–Crippen MR) is 84.6 cm³/mol. The molecule has 1 nitrogen and oxygen atoms in total. The van der Waals surface area contributed by atoms with Gasteiger partial charge in [0.2, 0.25) is 0 Å². The van der Waals surface area contributed by atoms with E-state index in [4.69, 9.17) is 0 Å². The fraction of sp³-hybridized carbons (Fsp3) is 0.688. The molecule has 0 fully saturated rings. The van der Waals surface area contributed by atoms with Crippen LogP contribution in [-0.2, 0) is 4.79 Å². The summed E-state index contributed by atoms with van der Waals surface area (Å²) in [7, 11) is -1.02. The lowest BCUT2D eigenvalue weighted by atomic mass is 9.81. The molecule has 2 heteroatoms. The largest absolute Gasteiger partial charge is 0.295 e. The van der Waals surface area contributed by atoms with Gasteiger partial charge in [-0.05, 0) is 30.9 Å². The molecule has 0 aliphatic heterocycles. The first-order chi connectivity index (χ1) is 8.19. The van der Waals surface area contributed by atoms with E-state index < -0.39 is 8.07 Å². The van der Waals surface area contributed by atoms with Crippen LogP contribution in [0.1, 0.15) is 27.7 Å². The Morgan fingerprint density at radius 1 is 1.17 bits per heavy atom. The molecular formula is C16H30OSi. The molecule has 0 bridgehead atoms. The second-order valence-corrected chi connectivity index (χ2v) is 12.2. The lowest BCUT2D eigenvalue weighted by Crippen LogP contribution is -2.23. The third-order valence-electron chi connectivity index (χ3n) is 3.22. The van der Waals surface area contributed by atoms with Gasteiger partial charge in [-0.3, -0.25) is 4.79 Å². The summed E-state index contributed by atoms with van der Waals surface area (Å²) in [5.74, 6) is 1.19. The fourth-order valence-corrected chi connectivity index (χ4v) is 2.89. The van der Waals surface area contributed by atoms with Crippen molar-refractivity contribution in [1.29, 1.82) is 0 Å². The summed E-state index contributed by atoms with van der Waals surface area (Å²) in [6, 6.07) is 1.20. The second-order valence-electron chi connectivity index (χ2n) is 6.71. The van der Waals surface area contributed by atoms with Gasteiger partial charge in [0.15, 0.2) is 5.78 Å². The summed E-state index contributed by atoms with van der Waals surface area (Å²) >= 11 is 0. The molecule has 0 aromatic heterocycles. The molecule has 0 aliphatic rings. The van der Waals surface area contributed by atoms with E-state index in [0.29, 0.717) is 11.8 Å². The normalized spacial score (nSPS) is 16.7. The number of hydrogen-bond acceptors (Lipinski definition) is 1. The first-order valence-electron chi connectivity index (χ1n) is 7.02. The molecule has 0 saturated heterocycles. The molecule has 2 atom stereocenters. The molecule has 0 unspecified atom stereocenters. The number of ketones is 1. The third-order valence-corrected chi connectivity index (χ3v) is 4.68. The first-order valence-corrected chi connectivity index (χ1v) is 10.7. The van der Waals surface area contributed by atoms with E-state index in [1.54, 1.807) is 6.08 Å². The number of carbonyl (C=O) groups is 1. The van der Waals surface area contributed by atoms with Crippen LogP contribution in [0.2, 0.25) is 25.7 Å². The second kappa shape index (κ2) is 7.73. The molecule has 0 amide bonds. The third kappa shape index (κ3) is 6.95. The van der Waals surface area contributed by atoms with Gasteiger partial charge in [0, 0.05) is 14.0 Å². The molecule has 0 saturated carbocycles. The molecule has 0 aliphatic carbocycles. The van der Waals surface area contributed by atoms with Crippen LogP contribution in [0.25, 0.3) is 0 Å². The molecule has 0 heterocycles. The molecule has 0 spiro atoms. The van der Waals surface area contributed by atoms with E-state index in [2.05, 4.69) is 45.6 Å². The molecule has 0 rings (SSSR count). The van der Waals surface area contributed by atoms with Crippen LogP contribution in [0.5, 0.6) is 0 Å². The lowest BCUT2D eigenvalue weighted by Gasteiger charge is -2.23. The van der Waals surface area contributed by atoms with E-state index >= 15 is 0 Å². The highest BCUT2D eigenvalue weighted by molar-refractivity contribution is 6.76. The van der Waals surface area contributed by atoms with Crippen LogP contribution < -0.4 is 0 Å². The van der Waals surface area contributed by atoms with Crippen LogP contribution in [0.3, 0.4) is 0 Å². The molecule has 0 radical (unpaired) electrons. The van der Waals surface area contributed by atoms with Crippen molar-refractivity contribution in [2.45, 2.75) is 53.4 Å². The summed E-state index contributed by atoms with van der Waals surface area (Å²) in [4.78, 5) is 11.9. The van der Waals surface area contributed by atoms with Gasteiger partial charge in [-0.2, -0.15) is 0 Å². The Balaban J connectivity index is 4.72. The number of rotatable bonds is 7. The van der Waals surface area contributed by atoms with Gasteiger partial charge in [0.05, 0.1) is 0 Å². The van der Waals surface area contributed by atoms with Crippen molar-refractivity contribution >= 4 is 13.9 Å². The van der Waals surface area contributed by atoms with E-state index in [1.165, 1.54) is 6.04 Å². The maximum atomic E-state index is 11.9. The zero-order valence-corrected chi connectivity index (χ0v) is 14.2. The molecule has 0 N–H and O–H groups in total. The van der Waals surface area contributed by atoms with Crippen molar-refractivity contribution in [3.05, 3.63) is 24.3 Å². The van der Waals surface area contributed by atoms with Gasteiger partial charge >= 0.3 is 0 Å². The molecule has 0 aromatic carbocycles. The topological polar surface area (TPSA) is 17.1 Å². The van der Waals surface area contributed by atoms with Crippen molar-refractivity contribution in [1.82, 2.24) is 0 Å². The summed E-state index contributed by atoms with van der Waals surface area (Å²) in [5.41, 5.74) is 0. The number of allylic oxidation sites excluding steroid dienone is 4. The smallest absolute Gasteiger partial charge is 0.158 e. The van der Waals surface area contributed by atoms with Crippen molar-refractivity contribution in [2.24, 2.45) is 17.8 Å². The number of carbonyl (C=O) groups excluding carboxylic acids is 1. The zero-order valence-electron chi connectivity index (χ0n) is 13.2. The van der Waals surface area contributed by atoms with E-state index in [-0.39, 0.29) is 11.7 Å². The molecule has 18 heavy (non-hydrogen) atoms. The maximum absolute atomic E-state index is 11.9. The van der Waals surface area contributed by atoms with Gasteiger partial charge in [-0.15, -0.1) is 0 Å². The van der Waals surface area contributed by atoms with E-state index in [0.717, 1.165) is 0 Å². The van der Waals surface area contributed by atoms with Gasteiger partial charge < -0.3 is 0 Å². The Labute approximate surface area is 114 Å². The quantitative estimate of drug-likeness (QED) is 0.362. The van der Waals surface area contributed by atoms with Crippen molar-refractivity contribution in [3.8, 4) is 0 Å².